The van der Waals surface area contributed by atoms with Crippen molar-refractivity contribution in [2.75, 3.05) is 13.2 Å². The molecule has 0 radical (unpaired) electrons. The monoisotopic (exact) mass is 375 g/mol. The number of para-hydroxylation sites is 1. The van der Waals surface area contributed by atoms with Gasteiger partial charge in [0, 0.05) is 24.3 Å². The van der Waals surface area contributed by atoms with Crippen molar-refractivity contribution >= 4 is 0 Å². The van der Waals surface area contributed by atoms with Crippen LogP contribution in [-0.2, 0) is 6.54 Å². The highest BCUT2D eigenvalue weighted by atomic mass is 16.6. The Labute approximate surface area is 165 Å². The molecule has 144 valence electrons. The fourth-order valence-corrected chi connectivity index (χ4v) is 3.84. The molecule has 1 aliphatic carbocycles. The number of benzene rings is 2. The van der Waals surface area contributed by atoms with E-state index in [0.29, 0.717) is 25.2 Å². The van der Waals surface area contributed by atoms with Crippen LogP contribution in [0.1, 0.15) is 35.7 Å². The third kappa shape index (κ3) is 3.50. The molecule has 1 saturated carbocycles. The van der Waals surface area contributed by atoms with Crippen LogP contribution in [0, 0.1) is 12.8 Å². The highest BCUT2D eigenvalue weighted by Crippen LogP contribution is 2.43. The number of nitrogens with one attached hydrogen (secondary N) is 1. The molecule has 28 heavy (non-hydrogen) atoms. The summed E-state index contributed by atoms with van der Waals surface area (Å²) in [5.41, 5.74) is 4.66. The van der Waals surface area contributed by atoms with Crippen molar-refractivity contribution in [1.29, 1.82) is 0 Å². The van der Waals surface area contributed by atoms with Gasteiger partial charge in [-0.05, 0) is 55.5 Å². The first-order chi connectivity index (χ1) is 13.8. The molecular formula is C23H25N3O2. The number of nitrogens with zero attached hydrogens (tertiary/aromatic N) is 2. The quantitative estimate of drug-likeness (QED) is 0.702. The molecule has 5 rings (SSSR count). The number of ether oxygens (including phenoxy) is 2. The third-order valence-electron chi connectivity index (χ3n) is 5.55. The molecule has 0 amide bonds. The smallest absolute Gasteiger partial charge is 0.161 e. The molecule has 0 bridgehead atoms. The summed E-state index contributed by atoms with van der Waals surface area (Å²) in [7, 11) is 0. The largest absolute Gasteiger partial charge is 0.486 e. The van der Waals surface area contributed by atoms with Crippen LogP contribution in [0.25, 0.3) is 5.69 Å². The zero-order chi connectivity index (χ0) is 18.9. The fraction of sp³-hybridized carbons (Fsp3) is 0.348. The van der Waals surface area contributed by atoms with E-state index in [4.69, 9.17) is 9.47 Å². The van der Waals surface area contributed by atoms with Crippen LogP contribution < -0.4 is 14.8 Å². The van der Waals surface area contributed by atoms with Crippen molar-refractivity contribution in [3.63, 3.8) is 0 Å². The molecule has 1 unspecified atom stereocenters. The maximum absolute atomic E-state index is 5.78. The first-order valence-electron chi connectivity index (χ1n) is 10.0. The second kappa shape index (κ2) is 7.32. The maximum Gasteiger partial charge on any atom is 0.161 e. The molecule has 1 aliphatic heterocycles. The molecule has 2 aliphatic rings. The summed E-state index contributed by atoms with van der Waals surface area (Å²) in [6, 6.07) is 16.9. The number of rotatable bonds is 6. The summed E-state index contributed by atoms with van der Waals surface area (Å²) >= 11 is 0. The Bertz CT molecular complexity index is 963. The van der Waals surface area contributed by atoms with Gasteiger partial charge in [0.1, 0.15) is 13.2 Å². The van der Waals surface area contributed by atoms with E-state index < -0.39 is 0 Å². The molecule has 2 aromatic carbocycles. The number of aromatic nitrogens is 2. The van der Waals surface area contributed by atoms with Gasteiger partial charge in [-0.2, -0.15) is 5.10 Å². The summed E-state index contributed by atoms with van der Waals surface area (Å²) in [6.45, 7) is 4.12. The molecule has 3 aromatic rings. The van der Waals surface area contributed by atoms with Gasteiger partial charge in [-0.25, -0.2) is 4.68 Å². The molecule has 2 heterocycles. The molecule has 1 fully saturated rings. The van der Waals surface area contributed by atoms with Gasteiger partial charge >= 0.3 is 0 Å². The Morgan fingerprint density at radius 2 is 1.86 bits per heavy atom. The summed E-state index contributed by atoms with van der Waals surface area (Å²) in [5.74, 6) is 2.40. The first-order valence-corrected chi connectivity index (χ1v) is 10.0. The highest BCUT2D eigenvalue weighted by molar-refractivity contribution is 5.45. The van der Waals surface area contributed by atoms with Crippen LogP contribution in [0.2, 0.25) is 0 Å². The van der Waals surface area contributed by atoms with Gasteiger partial charge in [0.2, 0.25) is 0 Å². The summed E-state index contributed by atoms with van der Waals surface area (Å²) in [4.78, 5) is 0. The van der Waals surface area contributed by atoms with Gasteiger partial charge in [0.25, 0.3) is 0 Å². The zero-order valence-corrected chi connectivity index (χ0v) is 16.1. The SMILES string of the molecule is Cc1nn(-c2ccccc2)cc1CNC(c1ccc2c(c1)OCCO2)C1CC1. The van der Waals surface area contributed by atoms with Crippen molar-refractivity contribution in [2.24, 2.45) is 5.92 Å². The Kier molecular flexibility index (Phi) is 4.53. The average Bonchev–Trinajstić information content (AvgIpc) is 3.51. The van der Waals surface area contributed by atoms with Gasteiger partial charge in [-0.3, -0.25) is 0 Å². The van der Waals surface area contributed by atoms with Gasteiger partial charge in [-0.15, -0.1) is 0 Å². The zero-order valence-electron chi connectivity index (χ0n) is 16.1. The van der Waals surface area contributed by atoms with Gasteiger partial charge in [-0.1, -0.05) is 24.3 Å². The second-order valence-electron chi connectivity index (χ2n) is 7.62. The van der Waals surface area contributed by atoms with Crippen molar-refractivity contribution in [3.05, 3.63) is 71.5 Å². The van der Waals surface area contributed by atoms with Gasteiger partial charge in [0.15, 0.2) is 11.5 Å². The van der Waals surface area contributed by atoms with E-state index in [2.05, 4.69) is 47.8 Å². The van der Waals surface area contributed by atoms with Crippen molar-refractivity contribution in [1.82, 2.24) is 15.1 Å². The first kappa shape index (κ1) is 17.3. The predicted octanol–water partition coefficient (Wildman–Crippen LogP) is 4.19. The minimum absolute atomic E-state index is 0.329. The topological polar surface area (TPSA) is 48.3 Å². The molecule has 0 saturated heterocycles. The Morgan fingerprint density at radius 1 is 1.07 bits per heavy atom. The van der Waals surface area contributed by atoms with Crippen molar-refractivity contribution < 1.29 is 9.47 Å². The van der Waals surface area contributed by atoms with E-state index in [1.165, 1.54) is 24.0 Å². The number of aryl methyl sites for hydroxylation is 1. The van der Waals surface area contributed by atoms with E-state index in [0.717, 1.165) is 29.4 Å². The fourth-order valence-electron chi connectivity index (χ4n) is 3.84. The van der Waals surface area contributed by atoms with E-state index in [-0.39, 0.29) is 0 Å². The summed E-state index contributed by atoms with van der Waals surface area (Å²) in [5, 5.41) is 8.47. The maximum atomic E-state index is 5.78. The van der Waals surface area contributed by atoms with E-state index >= 15 is 0 Å². The van der Waals surface area contributed by atoms with Crippen LogP contribution >= 0.6 is 0 Å². The van der Waals surface area contributed by atoms with E-state index in [1.807, 2.05) is 28.9 Å². The molecule has 5 heteroatoms. The third-order valence-corrected chi connectivity index (χ3v) is 5.55. The molecule has 5 nitrogen and oxygen atoms in total. The van der Waals surface area contributed by atoms with Gasteiger partial charge < -0.3 is 14.8 Å². The highest BCUT2D eigenvalue weighted by Gasteiger charge is 2.33. The second-order valence-corrected chi connectivity index (χ2v) is 7.62. The van der Waals surface area contributed by atoms with Crippen LogP contribution in [0.4, 0.5) is 0 Å². The normalized spacial score (nSPS) is 16.8. The van der Waals surface area contributed by atoms with Gasteiger partial charge in [0.05, 0.1) is 11.4 Å². The van der Waals surface area contributed by atoms with Crippen LogP contribution in [0.5, 0.6) is 11.5 Å². The Balaban J connectivity index is 1.34. The molecular weight excluding hydrogens is 350 g/mol. The van der Waals surface area contributed by atoms with Crippen LogP contribution in [-0.4, -0.2) is 23.0 Å². The lowest BCUT2D eigenvalue weighted by atomic mass is 10.0. The number of fused-ring (bicyclic) bond motifs is 1. The van der Waals surface area contributed by atoms with E-state index in [1.54, 1.807) is 0 Å². The van der Waals surface area contributed by atoms with Crippen molar-refractivity contribution in [3.8, 4) is 17.2 Å². The number of hydrogen-bond acceptors (Lipinski definition) is 4. The van der Waals surface area contributed by atoms with Crippen LogP contribution in [0.15, 0.2) is 54.7 Å². The van der Waals surface area contributed by atoms with Crippen molar-refractivity contribution in [2.45, 2.75) is 32.4 Å². The average molecular weight is 375 g/mol. The Morgan fingerprint density at radius 3 is 2.64 bits per heavy atom. The van der Waals surface area contributed by atoms with E-state index in [9.17, 15) is 0 Å². The minimum Gasteiger partial charge on any atom is -0.486 e. The summed E-state index contributed by atoms with van der Waals surface area (Å²) in [6.07, 6.45) is 4.67. The molecule has 1 atom stereocenters. The van der Waals surface area contributed by atoms with Crippen LogP contribution in [0.3, 0.4) is 0 Å². The number of hydrogen-bond donors (Lipinski definition) is 1. The molecule has 1 N–H and O–H groups in total. The Hall–Kier alpha value is -2.79. The molecule has 1 aromatic heterocycles. The predicted molar refractivity (Wildman–Crippen MR) is 108 cm³/mol. The lowest BCUT2D eigenvalue weighted by molar-refractivity contribution is 0.171. The lowest BCUT2D eigenvalue weighted by Crippen LogP contribution is -2.23. The minimum atomic E-state index is 0.329. The summed E-state index contributed by atoms with van der Waals surface area (Å²) < 4.78 is 13.4. The molecule has 0 spiro atoms. The lowest BCUT2D eigenvalue weighted by Gasteiger charge is -2.23. The standard InChI is InChI=1S/C23H25N3O2/c1-16-19(15-26(25-16)20-5-3-2-4-6-20)14-24-23(17-7-8-17)18-9-10-21-22(13-18)28-12-11-27-21/h2-6,9-10,13,15,17,23-24H,7-8,11-12,14H2,1H3.